The van der Waals surface area contributed by atoms with E-state index in [1.165, 1.54) is 0 Å². The Labute approximate surface area is 164 Å². The largest absolute Gasteiger partial charge is 0.451 e. The zero-order valence-electron chi connectivity index (χ0n) is 14.8. The summed E-state index contributed by atoms with van der Waals surface area (Å²) < 4.78 is 15.9. The van der Waals surface area contributed by atoms with E-state index in [4.69, 9.17) is 25.3 Å². The van der Waals surface area contributed by atoms with Gasteiger partial charge in [-0.15, -0.1) is 0 Å². The van der Waals surface area contributed by atoms with Gasteiger partial charge in [0.15, 0.2) is 12.3 Å². The van der Waals surface area contributed by atoms with Crippen LogP contribution in [0.15, 0.2) is 63.5 Å². The van der Waals surface area contributed by atoms with Crippen molar-refractivity contribution in [3.8, 4) is 22.8 Å². The smallest absolute Gasteiger partial charge is 0.361 e. The van der Waals surface area contributed by atoms with Gasteiger partial charge in [-0.05, 0) is 31.2 Å². The molecule has 0 N–H and O–H groups in total. The van der Waals surface area contributed by atoms with Crippen LogP contribution in [0.5, 0.6) is 0 Å². The first kappa shape index (κ1) is 17.9. The first-order chi connectivity index (χ1) is 13.6. The molecule has 0 radical (unpaired) electrons. The van der Waals surface area contributed by atoms with Gasteiger partial charge >= 0.3 is 5.97 Å². The summed E-state index contributed by atoms with van der Waals surface area (Å²) in [5.41, 5.74) is 1.58. The van der Waals surface area contributed by atoms with E-state index in [0.717, 1.165) is 5.56 Å². The van der Waals surface area contributed by atoms with Gasteiger partial charge in [-0.1, -0.05) is 47.1 Å². The maximum atomic E-state index is 12.4. The van der Waals surface area contributed by atoms with Gasteiger partial charge < -0.3 is 13.7 Å². The molecule has 0 aliphatic carbocycles. The number of hydrogen-bond donors (Lipinski definition) is 0. The van der Waals surface area contributed by atoms with Crippen LogP contribution in [0.3, 0.4) is 0 Å². The molecule has 140 valence electrons. The fourth-order valence-electron chi connectivity index (χ4n) is 2.54. The van der Waals surface area contributed by atoms with Crippen molar-refractivity contribution >= 4 is 17.6 Å². The fraction of sp³-hybridized carbons (Fsp3) is 0.100. The number of aromatic nitrogens is 3. The molecule has 2 aromatic heterocycles. The molecule has 0 unspecified atom stereocenters. The van der Waals surface area contributed by atoms with Crippen LogP contribution in [0.25, 0.3) is 22.8 Å². The Morgan fingerprint density at radius 1 is 1.07 bits per heavy atom. The molecule has 28 heavy (non-hydrogen) atoms. The zero-order chi connectivity index (χ0) is 19.5. The van der Waals surface area contributed by atoms with Crippen molar-refractivity contribution in [1.29, 1.82) is 0 Å². The Hall–Kier alpha value is -3.45. The van der Waals surface area contributed by atoms with Crippen molar-refractivity contribution in [1.82, 2.24) is 15.1 Å². The number of halogens is 1. The molecule has 2 aromatic carbocycles. The van der Waals surface area contributed by atoms with E-state index in [9.17, 15) is 4.79 Å². The molecule has 0 bridgehead atoms. The second-order valence-corrected chi connectivity index (χ2v) is 6.32. The van der Waals surface area contributed by atoms with E-state index in [0.29, 0.717) is 28.1 Å². The minimum Gasteiger partial charge on any atom is -0.451 e. The summed E-state index contributed by atoms with van der Waals surface area (Å²) >= 11 is 5.96. The van der Waals surface area contributed by atoms with Gasteiger partial charge in [-0.3, -0.25) is 0 Å². The highest BCUT2D eigenvalue weighted by Gasteiger charge is 2.20. The predicted molar refractivity (Wildman–Crippen MR) is 101 cm³/mol. The Morgan fingerprint density at radius 3 is 2.64 bits per heavy atom. The number of esters is 1. The number of nitrogens with zero attached hydrogens (tertiary/aromatic N) is 3. The molecule has 2 heterocycles. The van der Waals surface area contributed by atoms with Crippen LogP contribution in [-0.4, -0.2) is 21.1 Å². The highest BCUT2D eigenvalue weighted by molar-refractivity contribution is 6.30. The highest BCUT2D eigenvalue weighted by Crippen LogP contribution is 2.23. The van der Waals surface area contributed by atoms with Crippen molar-refractivity contribution in [2.24, 2.45) is 0 Å². The second-order valence-electron chi connectivity index (χ2n) is 5.89. The molecule has 0 atom stereocenters. The van der Waals surface area contributed by atoms with Crippen molar-refractivity contribution in [3.05, 3.63) is 77.0 Å². The number of carbonyl (C=O) groups excluding carboxylic acids is 1. The summed E-state index contributed by atoms with van der Waals surface area (Å²) in [5, 5.41) is 4.43. The van der Waals surface area contributed by atoms with Crippen molar-refractivity contribution in [2.75, 3.05) is 0 Å². The van der Waals surface area contributed by atoms with Crippen LogP contribution in [0.2, 0.25) is 5.02 Å². The maximum Gasteiger partial charge on any atom is 0.361 e. The third-order valence-corrected chi connectivity index (χ3v) is 4.12. The van der Waals surface area contributed by atoms with Gasteiger partial charge in [0, 0.05) is 16.1 Å². The minimum absolute atomic E-state index is 0.105. The van der Waals surface area contributed by atoms with Crippen molar-refractivity contribution < 1.29 is 18.5 Å². The van der Waals surface area contributed by atoms with Gasteiger partial charge in [0.2, 0.25) is 11.7 Å². The lowest BCUT2D eigenvalue weighted by atomic mass is 10.2. The number of aryl methyl sites for hydroxylation is 1. The van der Waals surface area contributed by atoms with E-state index in [1.54, 1.807) is 31.2 Å². The van der Waals surface area contributed by atoms with E-state index < -0.39 is 5.97 Å². The summed E-state index contributed by atoms with van der Waals surface area (Å²) in [6.07, 6.45) is 0. The summed E-state index contributed by atoms with van der Waals surface area (Å²) in [5.74, 6) is 0.608. The topological polar surface area (TPSA) is 91.2 Å². The Bertz CT molecular complexity index is 1120. The lowest BCUT2D eigenvalue weighted by Gasteiger charge is -1.98. The number of ether oxygens (including phenoxy) is 1. The summed E-state index contributed by atoms with van der Waals surface area (Å²) in [4.78, 5) is 20.8. The molecule has 0 saturated carbocycles. The predicted octanol–water partition coefficient (Wildman–Crippen LogP) is 4.71. The molecular formula is C20H14ClN3O4. The number of rotatable bonds is 5. The van der Waals surface area contributed by atoms with Crippen LogP contribution in [0, 0.1) is 6.92 Å². The molecule has 0 spiro atoms. The summed E-state index contributed by atoms with van der Waals surface area (Å²) in [6, 6.07) is 16.3. The number of oxazole rings is 1. The number of carbonyl (C=O) groups is 1. The molecule has 0 fully saturated rings. The van der Waals surface area contributed by atoms with Crippen molar-refractivity contribution in [3.63, 3.8) is 0 Å². The van der Waals surface area contributed by atoms with E-state index in [2.05, 4.69) is 15.1 Å². The first-order valence-corrected chi connectivity index (χ1v) is 8.76. The SMILES string of the molecule is Cc1oc(-c2ccccc2)nc1C(=O)OCc1nc(-c2cccc(Cl)c2)no1. The lowest BCUT2D eigenvalue weighted by Crippen LogP contribution is -2.07. The molecule has 0 aliphatic rings. The molecule has 4 rings (SSSR count). The molecule has 8 heteroatoms. The maximum absolute atomic E-state index is 12.4. The highest BCUT2D eigenvalue weighted by atomic mass is 35.5. The third-order valence-electron chi connectivity index (χ3n) is 3.89. The second kappa shape index (κ2) is 7.66. The molecule has 7 nitrogen and oxygen atoms in total. The van der Waals surface area contributed by atoms with Gasteiger partial charge in [-0.25, -0.2) is 9.78 Å². The molecule has 0 aliphatic heterocycles. The van der Waals surface area contributed by atoms with Gasteiger partial charge in [0.1, 0.15) is 5.76 Å². The van der Waals surface area contributed by atoms with Crippen molar-refractivity contribution in [2.45, 2.75) is 13.5 Å². The fourth-order valence-corrected chi connectivity index (χ4v) is 2.73. The average Bonchev–Trinajstić information content (AvgIpc) is 3.34. The monoisotopic (exact) mass is 395 g/mol. The van der Waals surface area contributed by atoms with Crippen LogP contribution >= 0.6 is 11.6 Å². The van der Waals surface area contributed by atoms with Gasteiger partial charge in [-0.2, -0.15) is 4.98 Å². The van der Waals surface area contributed by atoms with E-state index >= 15 is 0 Å². The number of hydrogen-bond acceptors (Lipinski definition) is 7. The quantitative estimate of drug-likeness (QED) is 0.452. The average molecular weight is 396 g/mol. The van der Waals surface area contributed by atoms with Gasteiger partial charge in [0.05, 0.1) is 0 Å². The standard InChI is InChI=1S/C20H14ClN3O4/c1-12-17(23-19(27-12)13-6-3-2-4-7-13)20(25)26-11-16-22-18(24-28-16)14-8-5-9-15(21)10-14/h2-10H,11H2,1H3. The van der Waals surface area contributed by atoms with Crippen LogP contribution < -0.4 is 0 Å². The van der Waals surface area contributed by atoms with Crippen LogP contribution in [0.1, 0.15) is 22.1 Å². The molecule has 0 saturated heterocycles. The minimum atomic E-state index is -0.633. The number of benzene rings is 2. The molecule has 0 amide bonds. The lowest BCUT2D eigenvalue weighted by molar-refractivity contribution is 0.0421. The summed E-state index contributed by atoms with van der Waals surface area (Å²) in [7, 11) is 0. The van der Waals surface area contributed by atoms with E-state index in [-0.39, 0.29) is 18.2 Å². The Balaban J connectivity index is 1.45. The zero-order valence-corrected chi connectivity index (χ0v) is 15.5. The summed E-state index contributed by atoms with van der Waals surface area (Å²) in [6.45, 7) is 1.47. The molecular weight excluding hydrogens is 382 g/mol. The Kier molecular flexibility index (Phi) is 4.90. The third kappa shape index (κ3) is 3.79. The van der Waals surface area contributed by atoms with Crippen LogP contribution in [-0.2, 0) is 11.3 Å². The van der Waals surface area contributed by atoms with Crippen LogP contribution in [0.4, 0.5) is 0 Å². The Morgan fingerprint density at radius 2 is 1.86 bits per heavy atom. The first-order valence-electron chi connectivity index (χ1n) is 8.38. The molecule has 4 aromatic rings. The van der Waals surface area contributed by atoms with Gasteiger partial charge in [0.25, 0.3) is 5.89 Å². The normalized spacial score (nSPS) is 10.8. The van der Waals surface area contributed by atoms with E-state index in [1.807, 2.05) is 30.3 Å².